The van der Waals surface area contributed by atoms with E-state index in [2.05, 4.69) is 0 Å². The number of nitro groups is 2. The topological polar surface area (TPSA) is 132 Å². The molecular weight excluding hydrogens is 333 g/mol. The first-order valence-electron chi connectivity index (χ1n) is 5.92. The van der Waals surface area contributed by atoms with Crippen LogP contribution in [0.1, 0.15) is 0 Å². The van der Waals surface area contributed by atoms with Gasteiger partial charge in [-0.15, -0.1) is 0 Å². The van der Waals surface area contributed by atoms with Crippen molar-refractivity contribution in [2.24, 2.45) is 0 Å². The van der Waals surface area contributed by atoms with E-state index in [-0.39, 0.29) is 16.3 Å². The van der Waals surface area contributed by atoms with Crippen molar-refractivity contribution in [2.45, 2.75) is 4.90 Å². The maximum atomic E-state index is 13.2. The van der Waals surface area contributed by atoms with Crippen molar-refractivity contribution >= 4 is 27.1 Å². The quantitative estimate of drug-likeness (QED) is 0.656. The molecule has 0 radical (unpaired) electrons. The minimum absolute atomic E-state index is 0.212. The monoisotopic (exact) mass is 341 g/mol. The number of hydrogen-bond donors (Lipinski definition) is 1. The van der Waals surface area contributed by atoms with E-state index >= 15 is 0 Å². The van der Waals surface area contributed by atoms with Crippen LogP contribution in [0.4, 0.5) is 21.5 Å². The molecule has 0 aliphatic heterocycles. The summed E-state index contributed by atoms with van der Waals surface area (Å²) >= 11 is 0. The van der Waals surface area contributed by atoms with Crippen LogP contribution < -0.4 is 4.72 Å². The number of sulfonamides is 1. The van der Waals surface area contributed by atoms with Gasteiger partial charge in [-0.2, -0.15) is 4.39 Å². The Balaban J connectivity index is 2.33. The van der Waals surface area contributed by atoms with Crippen LogP contribution in [0.5, 0.6) is 0 Å². The van der Waals surface area contributed by atoms with Gasteiger partial charge in [0.1, 0.15) is 0 Å². The van der Waals surface area contributed by atoms with Crippen LogP contribution in [0.15, 0.2) is 47.4 Å². The molecule has 0 fully saturated rings. The van der Waals surface area contributed by atoms with E-state index in [1.165, 1.54) is 0 Å². The number of benzene rings is 2. The molecule has 1 N–H and O–H groups in total. The normalized spacial score (nSPS) is 11.0. The molecule has 11 heteroatoms. The summed E-state index contributed by atoms with van der Waals surface area (Å²) in [4.78, 5) is 19.2. The van der Waals surface area contributed by atoms with Crippen molar-refractivity contribution < 1.29 is 22.7 Å². The third-order valence-corrected chi connectivity index (χ3v) is 4.15. The predicted octanol–water partition coefficient (Wildman–Crippen LogP) is 2.44. The molecule has 0 heterocycles. The highest BCUT2D eigenvalue weighted by Gasteiger charge is 2.19. The maximum Gasteiger partial charge on any atom is 0.306 e. The maximum absolute atomic E-state index is 13.2. The summed E-state index contributed by atoms with van der Waals surface area (Å²) in [6.07, 6.45) is 0. The lowest BCUT2D eigenvalue weighted by Gasteiger charge is -2.08. The highest BCUT2D eigenvalue weighted by molar-refractivity contribution is 7.92. The van der Waals surface area contributed by atoms with Crippen LogP contribution in [0.25, 0.3) is 0 Å². The van der Waals surface area contributed by atoms with Crippen molar-refractivity contribution in [1.82, 2.24) is 0 Å². The molecule has 120 valence electrons. The molecule has 0 spiro atoms. The largest absolute Gasteiger partial charge is 0.306 e. The van der Waals surface area contributed by atoms with Gasteiger partial charge in [0.15, 0.2) is 0 Å². The second-order valence-electron chi connectivity index (χ2n) is 4.28. The molecule has 2 rings (SSSR count). The summed E-state index contributed by atoms with van der Waals surface area (Å²) in [5.74, 6) is -1.10. The average Bonchev–Trinajstić information content (AvgIpc) is 2.48. The highest BCUT2D eigenvalue weighted by atomic mass is 32.2. The van der Waals surface area contributed by atoms with Crippen LogP contribution in [0, 0.1) is 26.0 Å². The van der Waals surface area contributed by atoms with E-state index in [9.17, 15) is 33.0 Å². The summed E-state index contributed by atoms with van der Waals surface area (Å²) in [6.45, 7) is 0. The van der Waals surface area contributed by atoms with Crippen LogP contribution in [0.3, 0.4) is 0 Å². The third-order valence-electron chi connectivity index (χ3n) is 2.75. The van der Waals surface area contributed by atoms with Gasteiger partial charge in [0.25, 0.3) is 15.7 Å². The number of nitrogens with one attached hydrogen (secondary N) is 1. The molecule has 0 aromatic heterocycles. The minimum Gasteiger partial charge on any atom is -0.279 e. The molecule has 0 atom stereocenters. The molecule has 0 saturated heterocycles. The van der Waals surface area contributed by atoms with Crippen molar-refractivity contribution in [1.29, 1.82) is 0 Å². The van der Waals surface area contributed by atoms with Gasteiger partial charge in [-0.3, -0.25) is 25.0 Å². The van der Waals surface area contributed by atoms with Crippen LogP contribution >= 0.6 is 0 Å². The second-order valence-corrected chi connectivity index (χ2v) is 5.96. The van der Waals surface area contributed by atoms with Crippen LogP contribution in [-0.2, 0) is 10.0 Å². The number of rotatable bonds is 5. The molecule has 2 aromatic rings. The second kappa shape index (κ2) is 5.96. The molecule has 0 amide bonds. The first-order valence-corrected chi connectivity index (χ1v) is 7.40. The van der Waals surface area contributed by atoms with Crippen LogP contribution in [0.2, 0.25) is 0 Å². The van der Waals surface area contributed by atoms with Crippen molar-refractivity contribution in [3.63, 3.8) is 0 Å². The Kier molecular flexibility index (Phi) is 4.22. The zero-order valence-electron chi connectivity index (χ0n) is 11.2. The Morgan fingerprint density at radius 3 is 2.09 bits per heavy atom. The van der Waals surface area contributed by atoms with Gasteiger partial charge in [0.05, 0.1) is 20.4 Å². The lowest BCUT2D eigenvalue weighted by atomic mass is 10.3. The Hall–Kier alpha value is -3.08. The number of non-ortho nitro benzene ring substituents is 1. The Bertz CT molecular complexity index is 882. The van der Waals surface area contributed by atoms with E-state index in [1.807, 2.05) is 4.72 Å². The summed E-state index contributed by atoms with van der Waals surface area (Å²) < 4.78 is 39.5. The Labute approximate surface area is 128 Å². The number of hydrogen-bond acceptors (Lipinski definition) is 6. The van der Waals surface area contributed by atoms with Gasteiger partial charge in [0, 0.05) is 18.2 Å². The summed E-state index contributed by atoms with van der Waals surface area (Å²) in [5, 5.41) is 21.2. The molecule has 0 aliphatic carbocycles. The van der Waals surface area contributed by atoms with Gasteiger partial charge in [-0.05, 0) is 24.3 Å². The smallest absolute Gasteiger partial charge is 0.279 e. The number of nitro benzene ring substituents is 2. The van der Waals surface area contributed by atoms with Crippen LogP contribution in [-0.4, -0.2) is 18.3 Å². The predicted molar refractivity (Wildman–Crippen MR) is 77.0 cm³/mol. The fraction of sp³-hybridized carbons (Fsp3) is 0. The summed E-state index contributed by atoms with van der Waals surface area (Å²) in [7, 11) is -4.13. The van der Waals surface area contributed by atoms with Gasteiger partial charge in [-0.25, -0.2) is 8.42 Å². The van der Waals surface area contributed by atoms with Crippen molar-refractivity contribution in [3.05, 3.63) is 68.5 Å². The molecule has 0 aliphatic rings. The standard InChI is InChI=1S/C12H8FN3O6S/c13-11-6-1-8(7-12(11)16(19)20)14-23(21,22)10-4-2-9(3-5-10)15(17)18/h1-7,14H. The number of halogens is 1. The molecule has 2 aromatic carbocycles. The third kappa shape index (κ3) is 3.58. The highest BCUT2D eigenvalue weighted by Crippen LogP contribution is 2.24. The van der Waals surface area contributed by atoms with Crippen molar-refractivity contribution in [3.8, 4) is 0 Å². The van der Waals surface area contributed by atoms with Crippen molar-refractivity contribution in [2.75, 3.05) is 4.72 Å². The summed E-state index contributed by atoms with van der Waals surface area (Å²) in [6, 6.07) is 6.54. The Morgan fingerprint density at radius 1 is 0.957 bits per heavy atom. The van der Waals surface area contributed by atoms with E-state index in [4.69, 9.17) is 0 Å². The molecule has 0 unspecified atom stereocenters. The minimum atomic E-state index is -4.13. The zero-order valence-corrected chi connectivity index (χ0v) is 12.0. The number of anilines is 1. The zero-order chi connectivity index (χ0) is 17.2. The molecule has 0 saturated carbocycles. The van der Waals surface area contributed by atoms with Gasteiger partial charge in [-0.1, -0.05) is 0 Å². The first kappa shape index (κ1) is 16.3. The van der Waals surface area contributed by atoms with Gasteiger partial charge < -0.3 is 0 Å². The van der Waals surface area contributed by atoms with E-state index < -0.39 is 31.4 Å². The summed E-state index contributed by atoms with van der Waals surface area (Å²) in [5.41, 5.74) is -1.38. The molecule has 9 nitrogen and oxygen atoms in total. The SMILES string of the molecule is O=[N+]([O-])c1ccc(S(=O)(=O)Nc2ccc(F)c([N+](=O)[O-])c2)cc1. The van der Waals surface area contributed by atoms with E-state index in [0.29, 0.717) is 0 Å². The van der Waals surface area contributed by atoms with E-state index in [1.54, 1.807) is 0 Å². The average molecular weight is 341 g/mol. The fourth-order valence-corrected chi connectivity index (χ4v) is 2.73. The fourth-order valence-electron chi connectivity index (χ4n) is 1.68. The molecular formula is C12H8FN3O6S. The van der Waals surface area contributed by atoms with E-state index in [0.717, 1.165) is 42.5 Å². The lowest BCUT2D eigenvalue weighted by molar-refractivity contribution is -0.387. The molecule has 23 heavy (non-hydrogen) atoms. The Morgan fingerprint density at radius 2 is 1.57 bits per heavy atom. The first-order chi connectivity index (χ1) is 10.7. The molecule has 0 bridgehead atoms. The lowest BCUT2D eigenvalue weighted by Crippen LogP contribution is -2.13. The van der Waals surface area contributed by atoms with Gasteiger partial charge >= 0.3 is 5.69 Å². The number of nitrogens with zero attached hydrogens (tertiary/aromatic N) is 2. The van der Waals surface area contributed by atoms with Gasteiger partial charge in [0.2, 0.25) is 5.82 Å².